The number of aryl methyl sites for hydroxylation is 1. The Balaban J connectivity index is 2.03. The van der Waals surface area contributed by atoms with Crippen LogP contribution in [0.2, 0.25) is 36.3 Å². The Morgan fingerprint density at radius 3 is 2.18 bits per heavy atom. The van der Waals surface area contributed by atoms with Gasteiger partial charge in [0.15, 0.2) is 16.6 Å². The smallest absolute Gasteiger partial charge is 0.377 e. The van der Waals surface area contributed by atoms with Gasteiger partial charge in [0, 0.05) is 18.3 Å². The van der Waals surface area contributed by atoms with Gasteiger partial charge in [-0.3, -0.25) is 0 Å². The Labute approximate surface area is 237 Å². The summed E-state index contributed by atoms with van der Waals surface area (Å²) in [6, 6.07) is 8.37. The van der Waals surface area contributed by atoms with E-state index in [-0.39, 0.29) is 28.5 Å². The Kier molecular flexibility index (Phi) is 8.91. The number of hydrogen-bond acceptors (Lipinski definition) is 4. The van der Waals surface area contributed by atoms with Gasteiger partial charge in [-0.1, -0.05) is 90.4 Å². The lowest BCUT2D eigenvalue weighted by Gasteiger charge is -2.41. The molecule has 220 valence electrons. The number of fused-ring (bicyclic) bond motifs is 1. The second-order valence-electron chi connectivity index (χ2n) is 14.8. The fourth-order valence-corrected chi connectivity index (χ4v) is 7.77. The summed E-state index contributed by atoms with van der Waals surface area (Å²) in [7, 11) is -4.47. The van der Waals surface area contributed by atoms with Crippen LogP contribution in [0.25, 0.3) is 0 Å². The van der Waals surface area contributed by atoms with Crippen LogP contribution in [0, 0.1) is 18.8 Å². The number of rotatable bonds is 8. The summed E-state index contributed by atoms with van der Waals surface area (Å²) >= 11 is 0. The van der Waals surface area contributed by atoms with E-state index in [1.54, 1.807) is 0 Å². The van der Waals surface area contributed by atoms with Crippen LogP contribution in [-0.2, 0) is 18.4 Å². The molecule has 6 unspecified atom stereocenters. The minimum atomic E-state index is -3.54. The summed E-state index contributed by atoms with van der Waals surface area (Å²) in [5.41, 5.74) is 2.31. The largest absolute Gasteiger partial charge is 0.457 e. The summed E-state index contributed by atoms with van der Waals surface area (Å²) in [5.74, 6) is -6.83. The number of halogens is 2. The average molecular weight is 581 g/mol. The van der Waals surface area contributed by atoms with E-state index in [0.29, 0.717) is 0 Å². The third-order valence-corrected chi connectivity index (χ3v) is 18.7. The van der Waals surface area contributed by atoms with Gasteiger partial charge >= 0.3 is 11.9 Å². The number of benzene rings is 1. The molecule has 0 bridgehead atoms. The molecule has 1 saturated carbocycles. The molecule has 2 aliphatic rings. The van der Waals surface area contributed by atoms with Gasteiger partial charge in [-0.25, -0.2) is 4.79 Å². The summed E-state index contributed by atoms with van der Waals surface area (Å²) in [4.78, 5) is 12.1. The first-order valence-electron chi connectivity index (χ1n) is 14.3. The number of carbonyl (C=O) groups is 1. The van der Waals surface area contributed by atoms with Crippen molar-refractivity contribution in [3.8, 4) is 0 Å². The van der Waals surface area contributed by atoms with Gasteiger partial charge in [0.05, 0.1) is 18.1 Å². The SMILES string of the molecule is Cc1cccc(C(C)C(C=CC2C(O[Si](C)(C)C(C)(C)C)CC3OC(=O)C(F)(F)C32)O[Si](C)(C)C(C)(C)C)c1. The fourth-order valence-electron chi connectivity index (χ4n) is 5.09. The zero-order chi connectivity index (χ0) is 29.8. The maximum Gasteiger partial charge on any atom is 0.377 e. The molecule has 1 saturated heterocycles. The van der Waals surface area contributed by atoms with Gasteiger partial charge in [0.2, 0.25) is 0 Å². The van der Waals surface area contributed by atoms with Crippen LogP contribution >= 0.6 is 0 Å². The van der Waals surface area contributed by atoms with E-state index >= 15 is 8.78 Å². The van der Waals surface area contributed by atoms with Crippen molar-refractivity contribution in [3.05, 3.63) is 47.5 Å². The van der Waals surface area contributed by atoms with Crippen molar-refractivity contribution in [2.24, 2.45) is 11.8 Å². The predicted octanol–water partition coefficient (Wildman–Crippen LogP) is 8.63. The van der Waals surface area contributed by atoms with E-state index in [0.717, 1.165) is 11.1 Å². The molecular formula is C31H50F2O4Si2. The van der Waals surface area contributed by atoms with E-state index in [1.807, 2.05) is 18.2 Å². The van der Waals surface area contributed by atoms with E-state index in [1.165, 1.54) is 0 Å². The molecule has 0 amide bonds. The number of carbonyl (C=O) groups excluding carboxylic acids is 1. The average Bonchev–Trinajstić information content (AvgIpc) is 3.21. The highest BCUT2D eigenvalue weighted by molar-refractivity contribution is 6.74. The highest BCUT2D eigenvalue weighted by Gasteiger charge is 2.67. The van der Waals surface area contributed by atoms with Gasteiger partial charge in [-0.05, 0) is 48.8 Å². The molecule has 1 aromatic rings. The zero-order valence-corrected chi connectivity index (χ0v) is 28.0. The van der Waals surface area contributed by atoms with Crippen molar-refractivity contribution in [1.82, 2.24) is 0 Å². The van der Waals surface area contributed by atoms with Crippen LogP contribution in [0.15, 0.2) is 36.4 Å². The second kappa shape index (κ2) is 10.8. The van der Waals surface area contributed by atoms with Crippen LogP contribution in [-0.4, -0.2) is 46.8 Å². The lowest BCUT2D eigenvalue weighted by Crippen LogP contribution is -2.46. The molecule has 0 aromatic heterocycles. The third kappa shape index (κ3) is 6.60. The molecular weight excluding hydrogens is 531 g/mol. The molecule has 1 aliphatic carbocycles. The molecule has 0 N–H and O–H groups in total. The normalized spacial score (nSPS) is 27.5. The monoisotopic (exact) mass is 580 g/mol. The fraction of sp³-hybridized carbons (Fsp3) is 0.710. The Bertz CT molecular complexity index is 1070. The molecule has 0 radical (unpaired) electrons. The lowest BCUT2D eigenvalue weighted by molar-refractivity contribution is -0.163. The topological polar surface area (TPSA) is 44.8 Å². The predicted molar refractivity (Wildman–Crippen MR) is 159 cm³/mol. The maximum atomic E-state index is 15.2. The van der Waals surface area contributed by atoms with Crippen LogP contribution < -0.4 is 0 Å². The molecule has 3 rings (SSSR count). The van der Waals surface area contributed by atoms with Crippen molar-refractivity contribution in [2.75, 3.05) is 0 Å². The number of ether oxygens (including phenoxy) is 1. The molecule has 39 heavy (non-hydrogen) atoms. The molecule has 1 aromatic carbocycles. The Morgan fingerprint density at radius 2 is 1.64 bits per heavy atom. The van der Waals surface area contributed by atoms with E-state index in [9.17, 15) is 4.79 Å². The van der Waals surface area contributed by atoms with Crippen molar-refractivity contribution in [3.63, 3.8) is 0 Å². The van der Waals surface area contributed by atoms with Crippen molar-refractivity contribution in [1.29, 1.82) is 0 Å². The molecule has 1 heterocycles. The van der Waals surface area contributed by atoms with Crippen LogP contribution in [0.5, 0.6) is 0 Å². The van der Waals surface area contributed by atoms with Crippen LogP contribution in [0.4, 0.5) is 8.78 Å². The minimum absolute atomic E-state index is 0.00852. The maximum absolute atomic E-state index is 15.2. The molecule has 1 aliphatic heterocycles. The molecule has 0 spiro atoms. The summed E-state index contributed by atoms with van der Waals surface area (Å²) in [6.45, 7) is 25.9. The quantitative estimate of drug-likeness (QED) is 0.175. The van der Waals surface area contributed by atoms with E-state index in [2.05, 4.69) is 99.8 Å². The lowest BCUT2D eigenvalue weighted by atomic mass is 9.87. The number of esters is 1. The summed E-state index contributed by atoms with van der Waals surface area (Å²) < 4.78 is 49.3. The summed E-state index contributed by atoms with van der Waals surface area (Å²) in [6.07, 6.45) is 2.52. The van der Waals surface area contributed by atoms with Crippen LogP contribution in [0.1, 0.15) is 71.9 Å². The third-order valence-electron chi connectivity index (χ3n) is 9.73. The second-order valence-corrected chi connectivity index (χ2v) is 24.3. The van der Waals surface area contributed by atoms with Crippen LogP contribution in [0.3, 0.4) is 0 Å². The number of hydrogen-bond donors (Lipinski definition) is 0. The highest BCUT2D eigenvalue weighted by atomic mass is 28.4. The number of alkyl halides is 2. The standard InChI is InChI=1S/C31H50F2O4Si2/c1-20-14-13-15-22(18-20)21(2)24(36-38(9,10)29(3,4)5)17-16-23-25(37-39(11,12)30(6,7)8)19-26-27(23)31(32,33)28(34)35-26/h13-18,21,23-27H,19H2,1-12H3. The first-order chi connectivity index (χ1) is 17.6. The first-order valence-corrected chi connectivity index (χ1v) is 20.1. The first kappa shape index (κ1) is 32.2. The summed E-state index contributed by atoms with van der Waals surface area (Å²) in [5, 5.41) is -0.0948. The molecule has 2 fully saturated rings. The van der Waals surface area contributed by atoms with E-state index < -0.39 is 52.6 Å². The van der Waals surface area contributed by atoms with Crippen molar-refractivity contribution < 1.29 is 27.2 Å². The van der Waals surface area contributed by atoms with Gasteiger partial charge in [0.25, 0.3) is 0 Å². The highest BCUT2D eigenvalue weighted by Crippen LogP contribution is 2.53. The van der Waals surface area contributed by atoms with Gasteiger partial charge < -0.3 is 13.6 Å². The van der Waals surface area contributed by atoms with E-state index in [4.69, 9.17) is 13.6 Å². The van der Waals surface area contributed by atoms with Gasteiger partial charge in [0.1, 0.15) is 6.10 Å². The zero-order valence-electron chi connectivity index (χ0n) is 26.0. The van der Waals surface area contributed by atoms with Gasteiger partial charge in [-0.2, -0.15) is 8.78 Å². The van der Waals surface area contributed by atoms with Crippen molar-refractivity contribution in [2.45, 2.75) is 128 Å². The van der Waals surface area contributed by atoms with Gasteiger partial charge in [-0.15, -0.1) is 0 Å². The van der Waals surface area contributed by atoms with Crippen molar-refractivity contribution >= 4 is 22.6 Å². The Morgan fingerprint density at radius 1 is 1.05 bits per heavy atom. The molecule has 6 atom stereocenters. The molecule has 8 heteroatoms. The minimum Gasteiger partial charge on any atom is -0.457 e. The molecule has 4 nitrogen and oxygen atoms in total. The Hall–Kier alpha value is -1.36.